The topological polar surface area (TPSA) is 32.8 Å². The highest BCUT2D eigenvalue weighted by Gasteiger charge is 2.48. The van der Waals surface area contributed by atoms with Gasteiger partial charge in [-0.1, -0.05) is 131 Å². The molecule has 0 saturated heterocycles. The smallest absolute Gasteiger partial charge is 0.341 e. The molecule has 0 N–H and O–H groups in total. The minimum absolute atomic E-state index is 0.0113. The first-order valence-electron chi connectivity index (χ1n) is 19.7. The maximum Gasteiger partial charge on any atom is 0.341 e. The second-order valence-corrected chi connectivity index (χ2v) is 15.6. The number of carbonyl (C=O) groups excluding carboxylic acids is 1. The van der Waals surface area contributed by atoms with Gasteiger partial charge in [0, 0.05) is 43.1 Å². The third kappa shape index (κ3) is 8.67. The zero-order chi connectivity index (χ0) is 41.6. The molecule has 1 aliphatic heterocycles. The maximum absolute atomic E-state index is 14.3. The molecule has 5 aromatic rings. The fraction of sp³-hybridized carbons (Fsp3) is 0.220. The normalized spacial score (nSPS) is 13.6. The number of hydrogen-bond acceptors (Lipinski definition) is 4. The molecule has 0 saturated carbocycles. The van der Waals surface area contributed by atoms with Crippen molar-refractivity contribution in [2.45, 2.75) is 46.1 Å². The van der Waals surface area contributed by atoms with Gasteiger partial charge in [-0.2, -0.15) is 0 Å². The quantitative estimate of drug-likeness (QED) is 0.0429. The summed E-state index contributed by atoms with van der Waals surface area (Å²) in [5.74, 6) is -0.664. The summed E-state index contributed by atoms with van der Waals surface area (Å²) >= 11 is 27.6. The van der Waals surface area contributed by atoms with Crippen molar-refractivity contribution in [3.05, 3.63) is 199 Å². The van der Waals surface area contributed by atoms with Crippen molar-refractivity contribution < 1.29 is 9.53 Å². The molecule has 1 heterocycles. The van der Waals surface area contributed by atoms with Crippen LogP contribution in [0.4, 0.5) is 11.4 Å². The molecule has 6 rings (SSSR count). The van der Waals surface area contributed by atoms with Crippen molar-refractivity contribution in [1.82, 2.24) is 0 Å². The molecule has 8 heteroatoms. The van der Waals surface area contributed by atoms with Crippen LogP contribution in [0.1, 0.15) is 77.0 Å². The standard InChI is InChI=1S/C50H48Cl4N2O2/c1-7-13-33-15-19-35(20-16-33)41(37-23-27-39(28-24-37)55(9-3)10-4)31-50(44-43(49(57)58-50)45(51)47(53)48(54)46(44)52)32-42(36-21-17-34(14-8-2)18-22-36)38-25-29-40(30-26-38)56(11-5)12-6/h7-8,15-32H,1-2,9-14H2,3-6H3/b41-31+,42-32+. The van der Waals surface area contributed by atoms with Crippen molar-refractivity contribution in [2.24, 2.45) is 0 Å². The van der Waals surface area contributed by atoms with Gasteiger partial charge in [-0.3, -0.25) is 0 Å². The van der Waals surface area contributed by atoms with Crippen LogP contribution < -0.4 is 9.80 Å². The van der Waals surface area contributed by atoms with E-state index in [1.807, 2.05) is 24.3 Å². The minimum Gasteiger partial charge on any atom is -0.442 e. The third-order valence-corrected chi connectivity index (χ3v) is 12.5. The van der Waals surface area contributed by atoms with Gasteiger partial charge in [0.15, 0.2) is 5.60 Å². The average Bonchev–Trinajstić information content (AvgIpc) is 3.54. The Morgan fingerprint density at radius 2 is 0.897 bits per heavy atom. The van der Waals surface area contributed by atoms with Crippen LogP contribution in [0.2, 0.25) is 20.1 Å². The number of allylic oxidation sites excluding steroid dienone is 2. The Balaban J connectivity index is 1.71. The first kappa shape index (κ1) is 42.9. The summed E-state index contributed by atoms with van der Waals surface area (Å²) in [6, 6.07) is 33.5. The number of hydrogen-bond donors (Lipinski definition) is 0. The molecule has 0 radical (unpaired) electrons. The number of ether oxygens (including phenoxy) is 1. The van der Waals surface area contributed by atoms with E-state index >= 15 is 0 Å². The van der Waals surface area contributed by atoms with Crippen LogP contribution in [-0.4, -0.2) is 32.1 Å². The van der Waals surface area contributed by atoms with Crippen molar-refractivity contribution in [3.8, 4) is 0 Å². The molecule has 0 bridgehead atoms. The van der Waals surface area contributed by atoms with Gasteiger partial charge in [0.2, 0.25) is 0 Å². The summed E-state index contributed by atoms with van der Waals surface area (Å²) < 4.78 is 6.64. The molecular formula is C50H48Cl4N2O2. The number of esters is 1. The summed E-state index contributed by atoms with van der Waals surface area (Å²) in [4.78, 5) is 18.9. The number of nitrogens with zero attached hydrogens (tertiary/aromatic N) is 2. The van der Waals surface area contributed by atoms with E-state index in [9.17, 15) is 4.79 Å². The van der Waals surface area contributed by atoms with Gasteiger partial charge in [-0.25, -0.2) is 4.79 Å². The molecule has 0 fully saturated rings. The first-order chi connectivity index (χ1) is 28.0. The number of benzene rings is 5. The molecule has 0 unspecified atom stereocenters. The lowest BCUT2D eigenvalue weighted by Gasteiger charge is -2.28. The molecule has 4 nitrogen and oxygen atoms in total. The largest absolute Gasteiger partial charge is 0.442 e. The van der Waals surface area contributed by atoms with Gasteiger partial charge in [-0.15, -0.1) is 13.2 Å². The summed E-state index contributed by atoms with van der Waals surface area (Å²) in [6.07, 6.45) is 9.15. The van der Waals surface area contributed by atoms with Gasteiger partial charge in [-0.05, 0) is 121 Å². The van der Waals surface area contributed by atoms with E-state index in [2.05, 4.69) is 148 Å². The van der Waals surface area contributed by atoms with Crippen LogP contribution >= 0.6 is 46.4 Å². The van der Waals surface area contributed by atoms with Crippen LogP contribution in [0.3, 0.4) is 0 Å². The summed E-state index contributed by atoms with van der Waals surface area (Å²) in [5.41, 5.74) is 8.47. The molecule has 5 aromatic carbocycles. The van der Waals surface area contributed by atoms with Gasteiger partial charge in [0.1, 0.15) is 0 Å². The van der Waals surface area contributed by atoms with E-state index in [1.54, 1.807) is 0 Å². The number of fused-ring (bicyclic) bond motifs is 1. The van der Waals surface area contributed by atoms with Crippen LogP contribution in [0.25, 0.3) is 11.1 Å². The van der Waals surface area contributed by atoms with Gasteiger partial charge in [0.25, 0.3) is 0 Å². The molecule has 58 heavy (non-hydrogen) atoms. The van der Waals surface area contributed by atoms with E-state index < -0.39 is 11.6 Å². The fourth-order valence-corrected chi connectivity index (χ4v) is 8.72. The Labute approximate surface area is 363 Å². The van der Waals surface area contributed by atoms with Crippen LogP contribution in [0, 0.1) is 0 Å². The number of cyclic esters (lactones) is 1. The average molecular weight is 851 g/mol. The van der Waals surface area contributed by atoms with Gasteiger partial charge in [0.05, 0.1) is 25.7 Å². The van der Waals surface area contributed by atoms with Crippen molar-refractivity contribution in [3.63, 3.8) is 0 Å². The zero-order valence-corrected chi connectivity index (χ0v) is 36.5. The predicted octanol–water partition coefficient (Wildman–Crippen LogP) is 14.1. The van der Waals surface area contributed by atoms with Crippen molar-refractivity contribution >= 4 is 74.9 Å². The second kappa shape index (κ2) is 18.9. The fourth-order valence-electron chi connectivity index (χ4n) is 7.64. The van der Waals surface area contributed by atoms with E-state index in [-0.39, 0.29) is 25.7 Å². The molecule has 298 valence electrons. The lowest BCUT2D eigenvalue weighted by Crippen LogP contribution is -2.23. The molecule has 0 spiro atoms. The van der Waals surface area contributed by atoms with E-state index in [1.165, 1.54) is 0 Å². The summed E-state index contributed by atoms with van der Waals surface area (Å²) in [6.45, 7) is 19.9. The summed E-state index contributed by atoms with van der Waals surface area (Å²) in [5, 5.41) is 0.0919. The zero-order valence-electron chi connectivity index (χ0n) is 33.4. The number of halogens is 4. The first-order valence-corrected chi connectivity index (χ1v) is 21.2. The van der Waals surface area contributed by atoms with Crippen LogP contribution in [-0.2, 0) is 23.2 Å². The molecule has 0 aromatic heterocycles. The Hall–Kier alpha value is -4.71. The Morgan fingerprint density at radius 1 is 0.552 bits per heavy atom. The maximum atomic E-state index is 14.3. The lowest BCUT2D eigenvalue weighted by atomic mass is 9.82. The van der Waals surface area contributed by atoms with Crippen molar-refractivity contribution in [2.75, 3.05) is 36.0 Å². The Bertz CT molecular complexity index is 2220. The number of rotatable bonds is 16. The second-order valence-electron chi connectivity index (χ2n) is 14.1. The monoisotopic (exact) mass is 848 g/mol. The van der Waals surface area contributed by atoms with E-state index in [0.717, 1.165) is 94.9 Å². The molecule has 0 amide bonds. The molecule has 1 aliphatic rings. The van der Waals surface area contributed by atoms with Gasteiger partial charge >= 0.3 is 5.97 Å². The van der Waals surface area contributed by atoms with Gasteiger partial charge < -0.3 is 14.5 Å². The van der Waals surface area contributed by atoms with Crippen LogP contribution in [0.15, 0.2) is 135 Å². The highest BCUT2D eigenvalue weighted by Crippen LogP contribution is 2.53. The van der Waals surface area contributed by atoms with E-state index in [4.69, 9.17) is 51.1 Å². The number of carbonyl (C=O) groups is 1. The molecule has 0 aliphatic carbocycles. The lowest BCUT2D eigenvalue weighted by molar-refractivity contribution is 0.0300. The Kier molecular flexibility index (Phi) is 14.0. The highest BCUT2D eigenvalue weighted by atomic mass is 35.5. The molecular weight excluding hydrogens is 802 g/mol. The third-order valence-electron chi connectivity index (χ3n) is 10.7. The minimum atomic E-state index is -1.61. The number of anilines is 2. The highest BCUT2D eigenvalue weighted by molar-refractivity contribution is 6.53. The van der Waals surface area contributed by atoms with Crippen molar-refractivity contribution in [1.29, 1.82) is 0 Å². The Morgan fingerprint density at radius 3 is 1.24 bits per heavy atom. The van der Waals surface area contributed by atoms with Crippen LogP contribution in [0.5, 0.6) is 0 Å². The van der Waals surface area contributed by atoms with E-state index in [0.29, 0.717) is 5.56 Å². The SMILES string of the molecule is C=CCc1ccc(/C(=C\C2(/C=C(\c3ccc(CC=C)cc3)c3ccc(N(CC)CC)cc3)OC(=O)c3c(Cl)c(Cl)c(Cl)c(Cl)c32)c2ccc(N(CC)CC)cc2)cc1. The predicted molar refractivity (Wildman–Crippen MR) is 248 cm³/mol. The summed E-state index contributed by atoms with van der Waals surface area (Å²) in [7, 11) is 0. The molecule has 0 atom stereocenters.